The number of H-pyrrole nitrogens is 1. The van der Waals surface area contributed by atoms with Crippen LogP contribution in [-0.2, 0) is 6.54 Å². The van der Waals surface area contributed by atoms with Gasteiger partial charge in [-0.05, 0) is 25.1 Å². The Kier molecular flexibility index (Phi) is 3.04. The fourth-order valence-corrected chi connectivity index (χ4v) is 1.41. The zero-order valence-electron chi connectivity index (χ0n) is 9.27. The number of aryl methyl sites for hydroxylation is 1. The molecule has 0 atom stereocenters. The first-order valence-corrected chi connectivity index (χ1v) is 5.10. The molecule has 17 heavy (non-hydrogen) atoms. The molecule has 0 spiro atoms. The maximum absolute atomic E-state index is 10.8. The summed E-state index contributed by atoms with van der Waals surface area (Å²) in [7, 11) is 0. The molecule has 0 aliphatic rings. The van der Waals surface area contributed by atoms with Crippen molar-refractivity contribution >= 4 is 11.9 Å². The lowest BCUT2D eigenvalue weighted by atomic mass is 10.3. The third-order valence-corrected chi connectivity index (χ3v) is 2.17. The van der Waals surface area contributed by atoms with Gasteiger partial charge in [0.2, 0.25) is 5.95 Å². The van der Waals surface area contributed by atoms with Crippen LogP contribution in [0.15, 0.2) is 24.4 Å². The van der Waals surface area contributed by atoms with Crippen LogP contribution >= 0.6 is 0 Å². The van der Waals surface area contributed by atoms with Crippen molar-refractivity contribution in [2.45, 2.75) is 13.5 Å². The Balaban J connectivity index is 2.13. The minimum atomic E-state index is -1.06. The summed E-state index contributed by atoms with van der Waals surface area (Å²) < 4.78 is 0. The zero-order valence-corrected chi connectivity index (χ0v) is 9.27. The van der Waals surface area contributed by atoms with Gasteiger partial charge in [0.05, 0.1) is 6.54 Å². The molecule has 2 aromatic heterocycles. The molecule has 0 saturated heterocycles. The summed E-state index contributed by atoms with van der Waals surface area (Å²) in [5.74, 6) is -0.740. The van der Waals surface area contributed by atoms with E-state index in [1.54, 1.807) is 6.92 Å². The molecule has 3 N–H and O–H groups in total. The highest BCUT2D eigenvalue weighted by atomic mass is 16.4. The standard InChI is InChI=1S/C11H12N4O2/c1-7-5-9(10(16)17)15-11(14-7)13-6-8-3-2-4-12-8/h2-5,12H,6H2,1H3,(H,16,17)(H,13,14,15). The van der Waals surface area contributed by atoms with Gasteiger partial charge in [-0.3, -0.25) is 0 Å². The van der Waals surface area contributed by atoms with E-state index in [2.05, 4.69) is 20.3 Å². The number of carbonyl (C=O) groups is 1. The first-order valence-electron chi connectivity index (χ1n) is 5.10. The fraction of sp³-hybridized carbons (Fsp3) is 0.182. The smallest absolute Gasteiger partial charge is 0.354 e. The van der Waals surface area contributed by atoms with Gasteiger partial charge in [-0.2, -0.15) is 0 Å². The van der Waals surface area contributed by atoms with Crippen LogP contribution in [-0.4, -0.2) is 26.0 Å². The second-order valence-corrected chi connectivity index (χ2v) is 3.57. The summed E-state index contributed by atoms with van der Waals surface area (Å²) in [4.78, 5) is 21.9. The molecule has 0 unspecified atom stereocenters. The molecule has 6 heteroatoms. The molecule has 0 bridgehead atoms. The number of aromatic nitrogens is 3. The second kappa shape index (κ2) is 4.65. The minimum absolute atomic E-state index is 0.00788. The van der Waals surface area contributed by atoms with Gasteiger partial charge in [-0.15, -0.1) is 0 Å². The van der Waals surface area contributed by atoms with Crippen molar-refractivity contribution in [1.82, 2.24) is 15.0 Å². The molecule has 0 aliphatic heterocycles. The lowest BCUT2D eigenvalue weighted by Gasteiger charge is -2.05. The number of nitrogens with zero attached hydrogens (tertiary/aromatic N) is 2. The third kappa shape index (κ3) is 2.81. The van der Waals surface area contributed by atoms with Crippen molar-refractivity contribution in [2.24, 2.45) is 0 Å². The highest BCUT2D eigenvalue weighted by Gasteiger charge is 2.08. The van der Waals surface area contributed by atoms with Crippen molar-refractivity contribution < 1.29 is 9.90 Å². The molecule has 0 saturated carbocycles. The topological polar surface area (TPSA) is 90.9 Å². The van der Waals surface area contributed by atoms with E-state index in [4.69, 9.17) is 5.11 Å². The molecule has 2 heterocycles. The molecular formula is C11H12N4O2. The number of nitrogens with one attached hydrogen (secondary N) is 2. The Morgan fingerprint density at radius 2 is 2.35 bits per heavy atom. The van der Waals surface area contributed by atoms with E-state index in [9.17, 15) is 4.79 Å². The van der Waals surface area contributed by atoms with E-state index in [-0.39, 0.29) is 5.69 Å². The quantitative estimate of drug-likeness (QED) is 0.741. The molecule has 0 aliphatic carbocycles. The van der Waals surface area contributed by atoms with Gasteiger partial charge < -0.3 is 15.4 Å². The number of aromatic amines is 1. The van der Waals surface area contributed by atoms with Gasteiger partial charge in [0, 0.05) is 17.6 Å². The average molecular weight is 232 g/mol. The normalized spacial score (nSPS) is 10.2. The zero-order chi connectivity index (χ0) is 12.3. The number of rotatable bonds is 4. The van der Waals surface area contributed by atoms with Crippen LogP contribution in [0, 0.1) is 6.92 Å². The van der Waals surface area contributed by atoms with Crippen LogP contribution in [0.2, 0.25) is 0 Å². The maximum atomic E-state index is 10.8. The van der Waals surface area contributed by atoms with Crippen LogP contribution in [0.3, 0.4) is 0 Å². The summed E-state index contributed by atoms with van der Waals surface area (Å²) in [6.45, 7) is 2.25. The molecule has 0 aromatic carbocycles. The number of hydrogen-bond acceptors (Lipinski definition) is 4. The predicted octanol–water partition coefficient (Wildman–Crippen LogP) is 1.42. The minimum Gasteiger partial charge on any atom is -0.477 e. The van der Waals surface area contributed by atoms with Crippen LogP contribution in [0.5, 0.6) is 0 Å². The molecular weight excluding hydrogens is 220 g/mol. The highest BCUT2D eigenvalue weighted by Crippen LogP contribution is 2.06. The SMILES string of the molecule is Cc1cc(C(=O)O)nc(NCc2ccc[nH]2)n1. The third-order valence-electron chi connectivity index (χ3n) is 2.17. The summed E-state index contributed by atoms with van der Waals surface area (Å²) in [6.07, 6.45) is 1.82. The van der Waals surface area contributed by atoms with Gasteiger partial charge in [-0.1, -0.05) is 0 Å². The molecule has 0 radical (unpaired) electrons. The van der Waals surface area contributed by atoms with E-state index >= 15 is 0 Å². The van der Waals surface area contributed by atoms with Gasteiger partial charge >= 0.3 is 5.97 Å². The summed E-state index contributed by atoms with van der Waals surface area (Å²) >= 11 is 0. The van der Waals surface area contributed by atoms with Crippen molar-refractivity contribution in [3.8, 4) is 0 Å². The van der Waals surface area contributed by atoms with Gasteiger partial charge in [0.1, 0.15) is 0 Å². The van der Waals surface area contributed by atoms with Crippen LogP contribution in [0.4, 0.5) is 5.95 Å². The Morgan fingerprint density at radius 1 is 1.53 bits per heavy atom. The van der Waals surface area contributed by atoms with Crippen molar-refractivity contribution in [2.75, 3.05) is 5.32 Å². The maximum Gasteiger partial charge on any atom is 0.354 e. The molecule has 2 aromatic rings. The summed E-state index contributed by atoms with van der Waals surface area (Å²) in [5, 5.41) is 11.8. The van der Waals surface area contributed by atoms with Crippen LogP contribution in [0.25, 0.3) is 0 Å². The largest absolute Gasteiger partial charge is 0.477 e. The monoisotopic (exact) mass is 232 g/mol. The van der Waals surface area contributed by atoms with Gasteiger partial charge in [0.15, 0.2) is 5.69 Å². The Bertz CT molecular complexity index is 522. The Labute approximate surface area is 97.7 Å². The van der Waals surface area contributed by atoms with E-state index in [1.165, 1.54) is 6.07 Å². The first kappa shape index (κ1) is 11.1. The molecule has 6 nitrogen and oxygen atoms in total. The molecule has 0 amide bonds. The lowest BCUT2D eigenvalue weighted by molar-refractivity contribution is 0.0690. The van der Waals surface area contributed by atoms with E-state index in [0.29, 0.717) is 18.2 Å². The van der Waals surface area contributed by atoms with Crippen molar-refractivity contribution in [3.63, 3.8) is 0 Å². The van der Waals surface area contributed by atoms with Gasteiger partial charge in [-0.25, -0.2) is 14.8 Å². The number of carboxylic acids is 1. The lowest BCUT2D eigenvalue weighted by Crippen LogP contribution is -2.09. The number of anilines is 1. The molecule has 2 rings (SSSR count). The number of hydrogen-bond donors (Lipinski definition) is 3. The van der Waals surface area contributed by atoms with Crippen LogP contribution < -0.4 is 5.32 Å². The average Bonchev–Trinajstić information content (AvgIpc) is 2.78. The molecule has 88 valence electrons. The predicted molar refractivity (Wildman–Crippen MR) is 61.8 cm³/mol. The van der Waals surface area contributed by atoms with Gasteiger partial charge in [0.25, 0.3) is 0 Å². The fourth-order valence-electron chi connectivity index (χ4n) is 1.41. The summed E-state index contributed by atoms with van der Waals surface area (Å²) in [6, 6.07) is 5.24. The van der Waals surface area contributed by atoms with Crippen molar-refractivity contribution in [3.05, 3.63) is 41.5 Å². The van der Waals surface area contributed by atoms with E-state index < -0.39 is 5.97 Å². The van der Waals surface area contributed by atoms with E-state index in [0.717, 1.165) is 5.69 Å². The summed E-state index contributed by atoms with van der Waals surface area (Å²) in [5.41, 5.74) is 1.59. The highest BCUT2D eigenvalue weighted by molar-refractivity contribution is 5.85. The number of aromatic carboxylic acids is 1. The Morgan fingerprint density at radius 3 is 3.00 bits per heavy atom. The second-order valence-electron chi connectivity index (χ2n) is 3.57. The first-order chi connectivity index (χ1) is 8.15. The van der Waals surface area contributed by atoms with Crippen molar-refractivity contribution in [1.29, 1.82) is 0 Å². The van der Waals surface area contributed by atoms with E-state index in [1.807, 2.05) is 18.3 Å². The van der Waals surface area contributed by atoms with Crippen LogP contribution in [0.1, 0.15) is 21.9 Å². The Hall–Kier alpha value is -2.37. The number of carboxylic acid groups (broad SMARTS) is 1. The molecule has 0 fully saturated rings.